The first-order valence-corrected chi connectivity index (χ1v) is 6.20. The fourth-order valence-electron chi connectivity index (χ4n) is 2.75. The lowest BCUT2D eigenvalue weighted by Crippen LogP contribution is -2.13. The lowest BCUT2D eigenvalue weighted by Gasteiger charge is -2.10. The van der Waals surface area contributed by atoms with Gasteiger partial charge in [0.2, 0.25) is 0 Å². The van der Waals surface area contributed by atoms with Gasteiger partial charge in [0, 0.05) is 0 Å². The Balaban J connectivity index is 2.77. The quantitative estimate of drug-likeness (QED) is 0.521. The van der Waals surface area contributed by atoms with E-state index < -0.39 is 0 Å². The van der Waals surface area contributed by atoms with E-state index in [1.54, 1.807) is 0 Å². The number of hydrogen-bond acceptors (Lipinski definition) is 0. The molecule has 0 aliphatic heterocycles. The summed E-state index contributed by atoms with van der Waals surface area (Å²) in [4.78, 5) is 0. The fraction of sp³-hybridized carbons (Fsp3) is 0.111. The highest BCUT2D eigenvalue weighted by Crippen LogP contribution is 2.19. The van der Waals surface area contributed by atoms with Crippen molar-refractivity contribution in [2.45, 2.75) is 13.8 Å². The zero-order valence-electron chi connectivity index (χ0n) is 10.9. The minimum absolute atomic E-state index is 1.11. The molecule has 0 amide bonds. The van der Waals surface area contributed by atoms with E-state index in [1.807, 2.05) is 0 Å². The molecule has 3 aromatic carbocycles. The lowest BCUT2D eigenvalue weighted by molar-refractivity contribution is 1.38. The third-order valence-electron chi connectivity index (χ3n) is 3.94. The largest absolute Gasteiger partial charge is 0.0905 e. The zero-order valence-corrected chi connectivity index (χ0v) is 10.9. The average Bonchev–Trinajstić information content (AvgIpc) is 2.39. The molecule has 0 radical (unpaired) electrons. The first-order chi connectivity index (χ1) is 8.61. The Morgan fingerprint density at radius 2 is 1.33 bits per heavy atom. The molecular formula is C18H16. The van der Waals surface area contributed by atoms with E-state index in [0.29, 0.717) is 0 Å². The predicted molar refractivity (Wildman–Crippen MR) is 81.2 cm³/mol. The van der Waals surface area contributed by atoms with Crippen LogP contribution < -0.4 is 10.4 Å². The molecule has 0 aromatic heterocycles. The van der Waals surface area contributed by atoms with Gasteiger partial charge < -0.3 is 0 Å². The SMILES string of the molecule is C=c1c2ccccc2c(=C)c2c(C)c(C)ccc12. The minimum Gasteiger partial charge on any atom is -0.0905 e. The Morgan fingerprint density at radius 3 is 2.00 bits per heavy atom. The molecule has 0 fully saturated rings. The number of benzene rings is 3. The highest BCUT2D eigenvalue weighted by molar-refractivity contribution is 6.01. The van der Waals surface area contributed by atoms with Crippen LogP contribution in [0.25, 0.3) is 34.7 Å². The van der Waals surface area contributed by atoms with Crippen LogP contribution in [0.1, 0.15) is 11.1 Å². The van der Waals surface area contributed by atoms with E-state index in [1.165, 1.54) is 32.7 Å². The van der Waals surface area contributed by atoms with Crippen molar-refractivity contribution in [2.75, 3.05) is 0 Å². The van der Waals surface area contributed by atoms with Crippen LogP contribution in [0.2, 0.25) is 0 Å². The first kappa shape index (κ1) is 11.0. The average molecular weight is 232 g/mol. The molecule has 0 aliphatic carbocycles. The van der Waals surface area contributed by atoms with Crippen LogP contribution in [0, 0.1) is 13.8 Å². The van der Waals surface area contributed by atoms with Crippen LogP contribution in [0.15, 0.2) is 36.4 Å². The normalized spacial score (nSPS) is 11.2. The zero-order chi connectivity index (χ0) is 12.9. The Hall–Kier alpha value is -2.08. The second-order valence-corrected chi connectivity index (χ2v) is 4.93. The highest BCUT2D eigenvalue weighted by Gasteiger charge is 2.06. The molecule has 0 heterocycles. The molecular weight excluding hydrogens is 216 g/mol. The molecule has 3 rings (SSSR count). The topological polar surface area (TPSA) is 0 Å². The summed E-state index contributed by atoms with van der Waals surface area (Å²) in [5.74, 6) is 0. The van der Waals surface area contributed by atoms with Crippen molar-refractivity contribution in [1.29, 1.82) is 0 Å². The molecule has 88 valence electrons. The Labute approximate surface area is 107 Å². The van der Waals surface area contributed by atoms with Gasteiger partial charge in [0.15, 0.2) is 0 Å². The maximum Gasteiger partial charge on any atom is -0.00732 e. The molecule has 0 nitrogen and oxygen atoms in total. The molecule has 0 aliphatic rings. The van der Waals surface area contributed by atoms with E-state index in [2.05, 4.69) is 63.4 Å². The van der Waals surface area contributed by atoms with Gasteiger partial charge in [-0.05, 0) is 57.0 Å². The molecule has 0 heteroatoms. The van der Waals surface area contributed by atoms with Gasteiger partial charge >= 0.3 is 0 Å². The van der Waals surface area contributed by atoms with Crippen molar-refractivity contribution in [3.8, 4) is 0 Å². The molecule has 3 aromatic rings. The van der Waals surface area contributed by atoms with Gasteiger partial charge in [-0.15, -0.1) is 0 Å². The van der Waals surface area contributed by atoms with E-state index >= 15 is 0 Å². The monoisotopic (exact) mass is 232 g/mol. The maximum absolute atomic E-state index is 4.29. The van der Waals surface area contributed by atoms with Gasteiger partial charge in [-0.1, -0.05) is 49.6 Å². The molecule has 0 bridgehead atoms. The van der Waals surface area contributed by atoms with Crippen LogP contribution in [0.4, 0.5) is 0 Å². The third-order valence-corrected chi connectivity index (χ3v) is 3.94. The van der Waals surface area contributed by atoms with Crippen LogP contribution >= 0.6 is 0 Å². The molecule has 0 N–H and O–H groups in total. The van der Waals surface area contributed by atoms with Gasteiger partial charge in [0.05, 0.1) is 0 Å². The number of rotatable bonds is 0. The Bertz CT molecular complexity index is 870. The summed E-state index contributed by atoms with van der Waals surface area (Å²) in [6.45, 7) is 12.9. The summed E-state index contributed by atoms with van der Waals surface area (Å²) in [6.07, 6.45) is 0. The molecule has 0 saturated heterocycles. The van der Waals surface area contributed by atoms with Crippen LogP contribution in [0.3, 0.4) is 0 Å². The van der Waals surface area contributed by atoms with Gasteiger partial charge in [-0.2, -0.15) is 0 Å². The second kappa shape index (κ2) is 3.71. The summed E-state index contributed by atoms with van der Waals surface area (Å²) < 4.78 is 0. The first-order valence-electron chi connectivity index (χ1n) is 6.20. The second-order valence-electron chi connectivity index (χ2n) is 4.93. The van der Waals surface area contributed by atoms with Gasteiger partial charge in [0.25, 0.3) is 0 Å². The van der Waals surface area contributed by atoms with Crippen LogP contribution in [-0.2, 0) is 0 Å². The summed E-state index contributed by atoms with van der Waals surface area (Å²) in [5.41, 5.74) is 2.62. The predicted octanol–water partition coefficient (Wildman–Crippen LogP) is 3.43. The van der Waals surface area contributed by atoms with Crippen molar-refractivity contribution in [3.63, 3.8) is 0 Å². The van der Waals surface area contributed by atoms with Gasteiger partial charge in [-0.3, -0.25) is 0 Å². The van der Waals surface area contributed by atoms with Gasteiger partial charge in [0.1, 0.15) is 0 Å². The van der Waals surface area contributed by atoms with Crippen molar-refractivity contribution in [2.24, 2.45) is 0 Å². The van der Waals surface area contributed by atoms with Crippen molar-refractivity contribution in [3.05, 3.63) is 58.0 Å². The molecule has 18 heavy (non-hydrogen) atoms. The summed E-state index contributed by atoms with van der Waals surface area (Å²) in [6, 6.07) is 12.7. The highest BCUT2D eigenvalue weighted by atomic mass is 14.1. The van der Waals surface area contributed by atoms with E-state index in [-0.39, 0.29) is 0 Å². The molecule has 0 saturated carbocycles. The van der Waals surface area contributed by atoms with Crippen molar-refractivity contribution in [1.82, 2.24) is 0 Å². The Kier molecular flexibility index (Phi) is 2.27. The van der Waals surface area contributed by atoms with E-state index in [4.69, 9.17) is 0 Å². The van der Waals surface area contributed by atoms with E-state index in [9.17, 15) is 0 Å². The van der Waals surface area contributed by atoms with Crippen LogP contribution in [0.5, 0.6) is 0 Å². The lowest BCUT2D eigenvalue weighted by atomic mass is 9.94. The summed E-state index contributed by atoms with van der Waals surface area (Å²) in [5, 5.41) is 7.13. The summed E-state index contributed by atoms with van der Waals surface area (Å²) >= 11 is 0. The molecule has 0 spiro atoms. The summed E-state index contributed by atoms with van der Waals surface area (Å²) in [7, 11) is 0. The van der Waals surface area contributed by atoms with Crippen LogP contribution in [-0.4, -0.2) is 0 Å². The fourth-order valence-corrected chi connectivity index (χ4v) is 2.75. The van der Waals surface area contributed by atoms with E-state index in [0.717, 1.165) is 10.4 Å². The van der Waals surface area contributed by atoms with Crippen molar-refractivity contribution < 1.29 is 0 Å². The molecule has 0 unspecified atom stereocenters. The number of hydrogen-bond donors (Lipinski definition) is 0. The smallest absolute Gasteiger partial charge is 0.00732 e. The third kappa shape index (κ3) is 1.32. The maximum atomic E-state index is 4.29. The standard InChI is InChI=1S/C18H16/c1-11-9-10-17-13(3)15-7-5-6-8-16(15)14(4)18(17)12(11)2/h5-10H,3-4H2,1-2H3. The minimum atomic E-state index is 1.11. The number of fused-ring (bicyclic) bond motifs is 2. The number of aryl methyl sites for hydroxylation is 2. The molecule has 0 atom stereocenters. The van der Waals surface area contributed by atoms with Crippen molar-refractivity contribution >= 4 is 34.7 Å². The van der Waals surface area contributed by atoms with Gasteiger partial charge in [-0.25, -0.2) is 0 Å². The Morgan fingerprint density at radius 1 is 0.722 bits per heavy atom.